The predicted molar refractivity (Wildman–Crippen MR) is 71.9 cm³/mol. The lowest BCUT2D eigenvalue weighted by atomic mass is 10.1. The van der Waals surface area contributed by atoms with Crippen molar-refractivity contribution in [3.63, 3.8) is 0 Å². The summed E-state index contributed by atoms with van der Waals surface area (Å²) in [5.41, 5.74) is -0.758. The van der Waals surface area contributed by atoms with E-state index in [1.54, 1.807) is 0 Å². The summed E-state index contributed by atoms with van der Waals surface area (Å²) >= 11 is 0. The first kappa shape index (κ1) is 15.9. The summed E-state index contributed by atoms with van der Waals surface area (Å²) in [5, 5.41) is 18.7. The van der Waals surface area contributed by atoms with Crippen LogP contribution in [-0.4, -0.2) is 45.3 Å². The molecule has 3 N–H and O–H groups in total. The number of aromatic amines is 1. The van der Waals surface area contributed by atoms with Crippen molar-refractivity contribution in [3.8, 4) is 0 Å². The van der Waals surface area contributed by atoms with Gasteiger partial charge in [0.25, 0.3) is 5.56 Å². The second-order valence-corrected chi connectivity index (χ2v) is 5.08. The molecule has 1 fully saturated rings. The number of H-pyrrole nitrogens is 1. The molecule has 118 valence electrons. The minimum Gasteiger partial charge on any atom is -0.394 e. The summed E-state index contributed by atoms with van der Waals surface area (Å²) in [6.07, 6.45) is 0.407. The van der Waals surface area contributed by atoms with Gasteiger partial charge in [-0.2, -0.15) is 0 Å². The van der Waals surface area contributed by atoms with E-state index in [-0.39, 0.29) is 13.0 Å². The third-order valence-corrected chi connectivity index (χ3v) is 3.57. The number of nitrogens with zero attached hydrogens (tertiary/aromatic N) is 1. The predicted octanol–water partition coefficient (Wildman–Crippen LogP) is -0.531. The molecule has 1 aromatic heterocycles. The minimum atomic E-state index is -0.867. The molecular formula is C13H19FN2O5. The van der Waals surface area contributed by atoms with Gasteiger partial charge < -0.3 is 14.9 Å². The number of halogens is 1. The molecule has 2 rings (SSSR count). The third-order valence-electron chi connectivity index (χ3n) is 3.57. The van der Waals surface area contributed by atoms with Crippen LogP contribution >= 0.6 is 0 Å². The number of hydrogen-bond donors (Lipinski definition) is 3. The molecular weight excluding hydrogens is 282 g/mol. The number of aliphatic hydroxyl groups excluding tert-OH is 2. The highest BCUT2D eigenvalue weighted by atomic mass is 18.2. The van der Waals surface area contributed by atoms with Crippen LogP contribution in [0.2, 0.25) is 0 Å². The minimum absolute atomic E-state index is 0.154. The van der Waals surface area contributed by atoms with Crippen molar-refractivity contribution in [1.29, 1.82) is 0 Å². The van der Waals surface area contributed by atoms with Gasteiger partial charge in [-0.3, -0.25) is 18.7 Å². The Hall–Kier alpha value is -1.51. The van der Waals surface area contributed by atoms with E-state index >= 15 is 0 Å². The normalized spacial score (nSPS) is 25.4. The molecule has 7 nitrogen and oxygen atoms in total. The maximum atomic E-state index is 12.1. The van der Waals surface area contributed by atoms with E-state index in [4.69, 9.17) is 9.84 Å². The maximum Gasteiger partial charge on any atom is 0.330 e. The van der Waals surface area contributed by atoms with E-state index in [1.165, 1.54) is 10.8 Å². The highest BCUT2D eigenvalue weighted by molar-refractivity contribution is 5.05. The van der Waals surface area contributed by atoms with Crippen LogP contribution in [0.1, 0.15) is 31.1 Å². The molecule has 0 amide bonds. The van der Waals surface area contributed by atoms with Crippen molar-refractivity contribution in [3.05, 3.63) is 32.6 Å². The first-order valence-electron chi connectivity index (χ1n) is 6.91. The molecule has 0 aliphatic carbocycles. The van der Waals surface area contributed by atoms with E-state index in [1.807, 2.05) is 0 Å². The van der Waals surface area contributed by atoms with E-state index in [9.17, 15) is 19.1 Å². The van der Waals surface area contributed by atoms with Crippen LogP contribution in [0.25, 0.3) is 0 Å². The van der Waals surface area contributed by atoms with Crippen molar-refractivity contribution < 1.29 is 19.3 Å². The standard InChI is InChI=1S/C13H19FN2O5/c14-4-2-1-3-8-6-16(13(20)15-12(8)19)11-5-9(18)10(7-17)21-11/h6,9-11,17-18H,1-5,7H2,(H,15,19,20)/t9-,10+,11+/m0/s1/i14-1. The Labute approximate surface area is 120 Å². The maximum absolute atomic E-state index is 12.1. The highest BCUT2D eigenvalue weighted by Gasteiger charge is 2.35. The number of nitrogens with one attached hydrogen (secondary N) is 1. The van der Waals surface area contributed by atoms with Gasteiger partial charge in [0.15, 0.2) is 0 Å². The first-order chi connectivity index (χ1) is 10.1. The lowest BCUT2D eigenvalue weighted by molar-refractivity contribution is -0.0460. The van der Waals surface area contributed by atoms with Crippen LogP contribution < -0.4 is 11.2 Å². The first-order valence-corrected chi connectivity index (χ1v) is 6.91. The second-order valence-electron chi connectivity index (χ2n) is 5.08. The van der Waals surface area contributed by atoms with Gasteiger partial charge in [0, 0.05) is 18.2 Å². The molecule has 0 spiro atoms. The zero-order valence-corrected chi connectivity index (χ0v) is 11.5. The fourth-order valence-electron chi connectivity index (χ4n) is 2.38. The Morgan fingerprint density at radius 1 is 1.43 bits per heavy atom. The van der Waals surface area contributed by atoms with Crippen LogP contribution in [-0.2, 0) is 11.2 Å². The molecule has 1 aliphatic rings. The molecule has 2 heterocycles. The monoisotopic (exact) mass is 301 g/mol. The number of aromatic nitrogens is 2. The fraction of sp³-hybridized carbons (Fsp3) is 0.692. The highest BCUT2D eigenvalue weighted by Crippen LogP contribution is 2.27. The summed E-state index contributed by atoms with van der Waals surface area (Å²) in [6.45, 7) is -0.799. The van der Waals surface area contributed by atoms with Gasteiger partial charge in [-0.05, 0) is 19.3 Å². The van der Waals surface area contributed by atoms with E-state index < -0.39 is 36.4 Å². The molecule has 0 bridgehead atoms. The van der Waals surface area contributed by atoms with Crippen LogP contribution in [0.4, 0.5) is 4.39 Å². The van der Waals surface area contributed by atoms with Crippen LogP contribution in [0.15, 0.2) is 15.8 Å². The Balaban J connectivity index is 2.22. The van der Waals surface area contributed by atoms with E-state index in [0.29, 0.717) is 24.8 Å². The Morgan fingerprint density at radius 3 is 2.81 bits per heavy atom. The van der Waals surface area contributed by atoms with Gasteiger partial charge in [0.1, 0.15) is 12.3 Å². The number of ether oxygens (including phenoxy) is 1. The lowest BCUT2D eigenvalue weighted by Gasteiger charge is -2.15. The average molecular weight is 301 g/mol. The number of rotatable bonds is 6. The third kappa shape index (κ3) is 3.58. The average Bonchev–Trinajstić information content (AvgIpc) is 2.82. The molecule has 0 unspecified atom stereocenters. The smallest absolute Gasteiger partial charge is 0.330 e. The Morgan fingerprint density at radius 2 is 2.19 bits per heavy atom. The summed E-state index contributed by atoms with van der Waals surface area (Å²) in [5.74, 6) is 0. The summed E-state index contributed by atoms with van der Waals surface area (Å²) in [6, 6.07) is 0. The molecule has 8 heteroatoms. The second kappa shape index (κ2) is 6.97. The van der Waals surface area contributed by atoms with E-state index in [0.717, 1.165) is 0 Å². The fourth-order valence-corrected chi connectivity index (χ4v) is 2.38. The quantitative estimate of drug-likeness (QED) is 0.613. The Bertz CT molecular complexity index is 585. The molecule has 0 aromatic carbocycles. The number of hydrogen-bond acceptors (Lipinski definition) is 5. The Kier molecular flexibility index (Phi) is 5.27. The number of unbranched alkanes of at least 4 members (excludes halogenated alkanes) is 1. The van der Waals surface area contributed by atoms with Gasteiger partial charge in [-0.1, -0.05) is 0 Å². The van der Waals surface area contributed by atoms with Crippen molar-refractivity contribution in [2.45, 2.75) is 44.1 Å². The SMILES string of the molecule is O=c1[nH]c(=O)n([C@H]2C[C@H](O)[C@@H](CO)O2)cc1CCCC[18F]. The zero-order chi connectivity index (χ0) is 15.4. The van der Waals surface area contributed by atoms with Gasteiger partial charge in [0.2, 0.25) is 0 Å². The molecule has 0 radical (unpaired) electrons. The lowest BCUT2D eigenvalue weighted by Crippen LogP contribution is -2.34. The van der Waals surface area contributed by atoms with Crippen LogP contribution in [0.3, 0.4) is 0 Å². The van der Waals surface area contributed by atoms with Crippen LogP contribution in [0.5, 0.6) is 0 Å². The zero-order valence-electron chi connectivity index (χ0n) is 11.5. The molecule has 3 atom stereocenters. The summed E-state index contributed by atoms with van der Waals surface area (Å²) < 4.78 is 18.7. The van der Waals surface area contributed by atoms with E-state index in [2.05, 4.69) is 4.98 Å². The van der Waals surface area contributed by atoms with Gasteiger partial charge in [0.05, 0.1) is 19.4 Å². The van der Waals surface area contributed by atoms with Crippen molar-refractivity contribution in [2.24, 2.45) is 0 Å². The van der Waals surface area contributed by atoms with Gasteiger partial charge >= 0.3 is 5.69 Å². The van der Waals surface area contributed by atoms with Gasteiger partial charge in [-0.15, -0.1) is 0 Å². The molecule has 21 heavy (non-hydrogen) atoms. The largest absolute Gasteiger partial charge is 0.394 e. The summed E-state index contributed by atoms with van der Waals surface area (Å²) in [7, 11) is 0. The topological polar surface area (TPSA) is 105 Å². The number of aliphatic hydroxyl groups is 2. The van der Waals surface area contributed by atoms with Crippen molar-refractivity contribution in [1.82, 2.24) is 9.55 Å². The van der Waals surface area contributed by atoms with Gasteiger partial charge in [-0.25, -0.2) is 4.79 Å². The molecule has 0 saturated carbocycles. The molecule has 1 aromatic rings. The van der Waals surface area contributed by atoms with Crippen LogP contribution in [0, 0.1) is 0 Å². The number of aryl methyl sites for hydroxylation is 1. The number of alkyl halides is 1. The summed E-state index contributed by atoms with van der Waals surface area (Å²) in [4.78, 5) is 25.7. The van der Waals surface area contributed by atoms with Crippen molar-refractivity contribution >= 4 is 0 Å². The van der Waals surface area contributed by atoms with Crippen molar-refractivity contribution in [2.75, 3.05) is 13.3 Å². The molecule has 1 saturated heterocycles. The molecule has 1 aliphatic heterocycles.